The van der Waals surface area contributed by atoms with Crippen molar-refractivity contribution in [3.63, 3.8) is 0 Å². The summed E-state index contributed by atoms with van der Waals surface area (Å²) in [7, 11) is 0. The Kier molecular flexibility index (Phi) is 5.48. The zero-order valence-electron chi connectivity index (χ0n) is 18.8. The van der Waals surface area contributed by atoms with E-state index in [4.69, 9.17) is 4.74 Å². The number of nitrogens with one attached hydrogen (secondary N) is 3. The van der Waals surface area contributed by atoms with Crippen LogP contribution in [-0.2, 0) is 14.3 Å². The van der Waals surface area contributed by atoms with Crippen molar-refractivity contribution < 1.29 is 19.1 Å². The molecule has 3 saturated carbocycles. The van der Waals surface area contributed by atoms with Crippen LogP contribution in [0.2, 0.25) is 0 Å². The van der Waals surface area contributed by atoms with E-state index in [0.29, 0.717) is 18.4 Å². The lowest BCUT2D eigenvalue weighted by atomic mass is 9.51. The Morgan fingerprint density at radius 2 is 2.00 bits per heavy atom. The molecule has 1 aromatic rings. The Labute approximate surface area is 183 Å². The minimum atomic E-state index is -0.648. The molecule has 1 aliphatic heterocycles. The first-order valence-electron chi connectivity index (χ1n) is 11.4. The highest BCUT2D eigenvalue weighted by atomic mass is 16.5. The van der Waals surface area contributed by atoms with Gasteiger partial charge in [0.2, 0.25) is 5.91 Å². The molecule has 2 amide bonds. The number of carbonyl (C=O) groups is 3. The van der Waals surface area contributed by atoms with Gasteiger partial charge < -0.3 is 20.7 Å². The lowest BCUT2D eigenvalue weighted by molar-refractivity contribution is -0.152. The zero-order valence-corrected chi connectivity index (χ0v) is 18.8. The zero-order chi connectivity index (χ0) is 22.4. The van der Waals surface area contributed by atoms with Gasteiger partial charge in [-0.05, 0) is 56.1 Å². The maximum absolute atomic E-state index is 13.3. The van der Waals surface area contributed by atoms with E-state index in [0.717, 1.165) is 18.5 Å². The molecular formula is C24H33N3O4. The van der Waals surface area contributed by atoms with Gasteiger partial charge in [-0.2, -0.15) is 0 Å². The van der Waals surface area contributed by atoms with Crippen LogP contribution in [0.3, 0.4) is 0 Å². The predicted octanol–water partition coefficient (Wildman–Crippen LogP) is 3.07. The molecule has 3 fully saturated rings. The summed E-state index contributed by atoms with van der Waals surface area (Å²) in [5.74, 6) is -0.652. The standard InChI is InChI=1S/C24H33N3O4/c1-5-31-22(30)19(14(2)3)25-21(29)17-12-15-10-11-23(17,4)13-24(15)26-18-9-7-6-8-16(18)20(28)27-24/h6-9,14-15,17,19,26H,5,10-13H2,1-4H3,(H,25,29)(H,27,28)/t15?,17?,19?,23?,24-/m0/s1. The van der Waals surface area contributed by atoms with Gasteiger partial charge in [-0.25, -0.2) is 4.79 Å². The maximum atomic E-state index is 13.3. The van der Waals surface area contributed by atoms with E-state index in [1.165, 1.54) is 0 Å². The largest absolute Gasteiger partial charge is 0.464 e. The Morgan fingerprint density at radius 1 is 1.26 bits per heavy atom. The topological polar surface area (TPSA) is 96.5 Å². The van der Waals surface area contributed by atoms with Crippen LogP contribution in [-0.4, -0.2) is 36.1 Å². The number of carbonyl (C=O) groups excluding carboxylic acids is 3. The summed E-state index contributed by atoms with van der Waals surface area (Å²) in [6.07, 6.45) is 3.21. The molecule has 2 bridgehead atoms. The van der Waals surface area contributed by atoms with E-state index in [9.17, 15) is 14.4 Å². The van der Waals surface area contributed by atoms with Crippen LogP contribution in [0.15, 0.2) is 24.3 Å². The van der Waals surface area contributed by atoms with Crippen molar-refractivity contribution in [2.75, 3.05) is 11.9 Å². The van der Waals surface area contributed by atoms with Crippen molar-refractivity contribution in [1.29, 1.82) is 0 Å². The molecule has 3 N–H and O–H groups in total. The van der Waals surface area contributed by atoms with Gasteiger partial charge in [-0.15, -0.1) is 0 Å². The Balaban J connectivity index is 1.54. The SMILES string of the molecule is CCOC(=O)C(NC(=O)C1CC2CCC1(C)C[C@]21NC(=O)c2ccccc2N1)C(C)C. The monoisotopic (exact) mass is 427 g/mol. The molecule has 1 aromatic carbocycles. The number of anilines is 1. The number of hydrogen-bond acceptors (Lipinski definition) is 5. The summed E-state index contributed by atoms with van der Waals surface area (Å²) in [6, 6.07) is 6.91. The van der Waals surface area contributed by atoms with E-state index < -0.39 is 11.7 Å². The van der Waals surface area contributed by atoms with Gasteiger partial charge in [0, 0.05) is 17.5 Å². The van der Waals surface area contributed by atoms with Gasteiger partial charge in [0.05, 0.1) is 12.2 Å². The number of ether oxygens (including phenoxy) is 1. The average molecular weight is 428 g/mol. The molecule has 0 saturated heterocycles. The van der Waals surface area contributed by atoms with Crippen LogP contribution in [0.5, 0.6) is 0 Å². The van der Waals surface area contributed by atoms with Crippen LogP contribution in [0.25, 0.3) is 0 Å². The first-order valence-corrected chi connectivity index (χ1v) is 11.4. The molecule has 7 heteroatoms. The third kappa shape index (κ3) is 3.68. The maximum Gasteiger partial charge on any atom is 0.328 e. The van der Waals surface area contributed by atoms with Crippen molar-refractivity contribution in [3.05, 3.63) is 29.8 Å². The second-order valence-corrected chi connectivity index (χ2v) is 9.93. The summed E-state index contributed by atoms with van der Waals surface area (Å²) in [6.45, 7) is 8.00. The van der Waals surface area contributed by atoms with Crippen molar-refractivity contribution in [2.24, 2.45) is 23.2 Å². The van der Waals surface area contributed by atoms with Gasteiger partial charge in [0.15, 0.2) is 0 Å². The highest BCUT2D eigenvalue weighted by Gasteiger charge is 2.60. The quantitative estimate of drug-likeness (QED) is 0.628. The van der Waals surface area contributed by atoms with Gasteiger partial charge in [-0.3, -0.25) is 9.59 Å². The number of hydrogen-bond donors (Lipinski definition) is 3. The van der Waals surface area contributed by atoms with Crippen LogP contribution >= 0.6 is 0 Å². The van der Waals surface area contributed by atoms with E-state index >= 15 is 0 Å². The van der Waals surface area contributed by atoms with Crippen molar-refractivity contribution in [2.45, 2.75) is 65.1 Å². The molecule has 0 aromatic heterocycles. The molecule has 3 aliphatic carbocycles. The van der Waals surface area contributed by atoms with E-state index in [2.05, 4.69) is 22.9 Å². The summed E-state index contributed by atoms with van der Waals surface area (Å²) in [5, 5.41) is 9.83. The fourth-order valence-corrected chi connectivity index (χ4v) is 5.84. The lowest BCUT2D eigenvalue weighted by Crippen LogP contribution is -2.70. The second-order valence-electron chi connectivity index (χ2n) is 9.93. The highest BCUT2D eigenvalue weighted by molar-refractivity contribution is 6.02. The molecule has 4 aliphatic rings. The number of amides is 2. The van der Waals surface area contributed by atoms with Gasteiger partial charge in [0.25, 0.3) is 5.91 Å². The van der Waals surface area contributed by atoms with Crippen molar-refractivity contribution in [3.8, 4) is 0 Å². The first-order chi connectivity index (χ1) is 14.7. The molecule has 168 valence electrons. The Morgan fingerprint density at radius 3 is 2.68 bits per heavy atom. The minimum Gasteiger partial charge on any atom is -0.464 e. The van der Waals surface area contributed by atoms with Gasteiger partial charge >= 0.3 is 5.97 Å². The molecule has 1 spiro atoms. The first kappa shape index (κ1) is 21.7. The number of esters is 1. The fraction of sp³-hybridized carbons (Fsp3) is 0.625. The Hall–Kier alpha value is -2.57. The van der Waals surface area contributed by atoms with Gasteiger partial charge in [0.1, 0.15) is 11.7 Å². The Bertz CT molecular complexity index is 901. The van der Waals surface area contributed by atoms with E-state index in [1.54, 1.807) is 6.92 Å². The van der Waals surface area contributed by atoms with Crippen LogP contribution in [0, 0.1) is 23.2 Å². The third-order valence-electron chi connectivity index (χ3n) is 7.49. The number of para-hydroxylation sites is 1. The van der Waals surface area contributed by atoms with E-state index in [-0.39, 0.29) is 47.6 Å². The normalized spacial score (nSPS) is 32.1. The smallest absolute Gasteiger partial charge is 0.328 e. The molecule has 5 rings (SSSR count). The average Bonchev–Trinajstić information content (AvgIpc) is 2.71. The van der Waals surface area contributed by atoms with Crippen molar-refractivity contribution >= 4 is 23.5 Å². The van der Waals surface area contributed by atoms with Crippen LogP contribution in [0.4, 0.5) is 5.69 Å². The van der Waals surface area contributed by atoms with Crippen molar-refractivity contribution in [1.82, 2.24) is 10.6 Å². The number of rotatable bonds is 5. The highest BCUT2D eigenvalue weighted by Crippen LogP contribution is 2.58. The molecule has 7 nitrogen and oxygen atoms in total. The summed E-state index contributed by atoms with van der Waals surface area (Å²) in [5.41, 5.74) is 0.698. The van der Waals surface area contributed by atoms with Crippen LogP contribution in [0.1, 0.15) is 63.7 Å². The predicted molar refractivity (Wildman–Crippen MR) is 117 cm³/mol. The molecular weight excluding hydrogens is 394 g/mol. The minimum absolute atomic E-state index is 0.0567. The fourth-order valence-electron chi connectivity index (χ4n) is 5.84. The molecule has 4 unspecified atom stereocenters. The lowest BCUT2D eigenvalue weighted by Gasteiger charge is -2.60. The van der Waals surface area contributed by atoms with Crippen LogP contribution < -0.4 is 16.0 Å². The second kappa shape index (κ2) is 7.84. The molecule has 31 heavy (non-hydrogen) atoms. The summed E-state index contributed by atoms with van der Waals surface area (Å²) in [4.78, 5) is 38.5. The number of benzene rings is 1. The summed E-state index contributed by atoms with van der Waals surface area (Å²) >= 11 is 0. The summed E-state index contributed by atoms with van der Waals surface area (Å²) < 4.78 is 5.16. The molecule has 0 radical (unpaired) electrons. The molecule has 1 heterocycles. The number of fused-ring (bicyclic) bond motifs is 3. The third-order valence-corrected chi connectivity index (χ3v) is 7.49. The van der Waals surface area contributed by atoms with Gasteiger partial charge in [-0.1, -0.05) is 32.9 Å². The molecule has 5 atom stereocenters. The van der Waals surface area contributed by atoms with E-state index in [1.807, 2.05) is 38.1 Å².